The van der Waals surface area contributed by atoms with Gasteiger partial charge < -0.3 is 9.26 Å². The van der Waals surface area contributed by atoms with Gasteiger partial charge >= 0.3 is 0 Å². The van der Waals surface area contributed by atoms with Crippen molar-refractivity contribution >= 4 is 10.0 Å². The van der Waals surface area contributed by atoms with Crippen LogP contribution in [0.25, 0.3) is 0 Å². The number of benzene rings is 1. The molecule has 0 spiro atoms. The van der Waals surface area contributed by atoms with E-state index < -0.39 is 10.0 Å². The summed E-state index contributed by atoms with van der Waals surface area (Å²) in [6.07, 6.45) is 7.43. The van der Waals surface area contributed by atoms with E-state index in [0.717, 1.165) is 25.0 Å². The Morgan fingerprint density at radius 2 is 1.97 bits per heavy atom. The first-order valence-electron chi connectivity index (χ1n) is 11.0. The Balaban J connectivity index is 1.34. The molecule has 4 rings (SSSR count). The number of piperidine rings is 1. The first-order valence-corrected chi connectivity index (χ1v) is 12.4. The molecule has 1 aliphatic heterocycles. The number of hydrogen-bond donors (Lipinski definition) is 0. The number of aryl methyl sites for hydroxylation is 1. The van der Waals surface area contributed by atoms with Crippen LogP contribution in [-0.2, 0) is 21.2 Å². The Morgan fingerprint density at radius 1 is 1.17 bits per heavy atom. The SMILES string of the molecule is Cc1ccccc1S(=O)(=O)N1CCCC(c2nc(CCOCC3CCCC3)no2)C1. The highest BCUT2D eigenvalue weighted by molar-refractivity contribution is 7.89. The molecule has 1 saturated heterocycles. The third kappa shape index (κ3) is 4.92. The molecule has 2 fully saturated rings. The Bertz CT molecular complexity index is 937. The van der Waals surface area contributed by atoms with E-state index in [0.29, 0.717) is 48.6 Å². The van der Waals surface area contributed by atoms with Crippen molar-refractivity contribution in [3.05, 3.63) is 41.5 Å². The van der Waals surface area contributed by atoms with Crippen LogP contribution in [0.4, 0.5) is 0 Å². The molecule has 1 unspecified atom stereocenters. The normalized spacial score (nSPS) is 21.3. The molecule has 1 saturated carbocycles. The molecule has 1 aromatic heterocycles. The van der Waals surface area contributed by atoms with Gasteiger partial charge in [0.25, 0.3) is 0 Å². The highest BCUT2D eigenvalue weighted by Crippen LogP contribution is 2.30. The molecule has 8 heteroatoms. The second-order valence-electron chi connectivity index (χ2n) is 8.49. The summed E-state index contributed by atoms with van der Waals surface area (Å²) in [6.45, 7) is 4.13. The Morgan fingerprint density at radius 3 is 2.77 bits per heavy atom. The number of ether oxygens (including phenoxy) is 1. The molecule has 0 bridgehead atoms. The highest BCUT2D eigenvalue weighted by atomic mass is 32.2. The second-order valence-corrected chi connectivity index (χ2v) is 10.4. The van der Waals surface area contributed by atoms with E-state index in [1.165, 1.54) is 25.7 Å². The number of rotatable bonds is 8. The van der Waals surface area contributed by atoms with Gasteiger partial charge in [-0.25, -0.2) is 8.42 Å². The standard InChI is InChI=1S/C22H31N3O4S/c1-17-7-2-5-11-20(17)30(26,27)25-13-6-10-19(15-25)22-23-21(24-29-22)12-14-28-16-18-8-3-4-9-18/h2,5,7,11,18-19H,3-4,6,8-10,12-16H2,1H3. The maximum atomic E-state index is 13.1. The zero-order chi connectivity index (χ0) is 21.0. The molecule has 0 radical (unpaired) electrons. The van der Waals surface area contributed by atoms with Crippen molar-refractivity contribution in [3.8, 4) is 0 Å². The molecule has 7 nitrogen and oxygen atoms in total. The van der Waals surface area contributed by atoms with Crippen molar-refractivity contribution in [2.75, 3.05) is 26.3 Å². The highest BCUT2D eigenvalue weighted by Gasteiger charge is 2.34. The fraction of sp³-hybridized carbons (Fsp3) is 0.636. The lowest BCUT2D eigenvalue weighted by Crippen LogP contribution is -2.39. The third-order valence-electron chi connectivity index (χ3n) is 6.23. The predicted octanol–water partition coefficient (Wildman–Crippen LogP) is 3.70. The summed E-state index contributed by atoms with van der Waals surface area (Å²) in [7, 11) is -3.53. The molecule has 1 aromatic carbocycles. The predicted molar refractivity (Wildman–Crippen MR) is 113 cm³/mol. The van der Waals surface area contributed by atoms with E-state index >= 15 is 0 Å². The molecule has 30 heavy (non-hydrogen) atoms. The monoisotopic (exact) mass is 433 g/mol. The van der Waals surface area contributed by atoms with Crippen LogP contribution in [-0.4, -0.2) is 49.2 Å². The lowest BCUT2D eigenvalue weighted by atomic mass is 10.00. The minimum Gasteiger partial charge on any atom is -0.381 e. The first-order chi connectivity index (χ1) is 14.5. The number of nitrogens with zero attached hydrogens (tertiary/aromatic N) is 3. The molecule has 0 amide bonds. The molecule has 1 atom stereocenters. The molecule has 164 valence electrons. The summed E-state index contributed by atoms with van der Waals surface area (Å²) in [4.78, 5) is 4.90. The molecule has 2 aliphatic rings. The van der Waals surface area contributed by atoms with Crippen LogP contribution in [0.5, 0.6) is 0 Å². The van der Waals surface area contributed by atoms with Crippen molar-refractivity contribution in [1.82, 2.24) is 14.4 Å². The topological polar surface area (TPSA) is 85.5 Å². The third-order valence-corrected chi connectivity index (χ3v) is 8.25. The van der Waals surface area contributed by atoms with E-state index in [9.17, 15) is 8.42 Å². The van der Waals surface area contributed by atoms with Crippen LogP contribution in [0.2, 0.25) is 0 Å². The maximum Gasteiger partial charge on any atom is 0.243 e. The minimum absolute atomic E-state index is 0.0711. The summed E-state index contributed by atoms with van der Waals surface area (Å²) in [6, 6.07) is 7.11. The Labute approximate surface area is 178 Å². The van der Waals surface area contributed by atoms with Gasteiger partial charge in [0, 0.05) is 26.1 Å². The average molecular weight is 434 g/mol. The zero-order valence-electron chi connectivity index (χ0n) is 17.6. The van der Waals surface area contributed by atoms with Crippen LogP contribution < -0.4 is 0 Å². The van der Waals surface area contributed by atoms with E-state index in [1.54, 1.807) is 16.4 Å². The molecule has 2 heterocycles. The van der Waals surface area contributed by atoms with Crippen LogP contribution in [0, 0.1) is 12.8 Å². The van der Waals surface area contributed by atoms with Crippen molar-refractivity contribution in [3.63, 3.8) is 0 Å². The van der Waals surface area contributed by atoms with Gasteiger partial charge in [0.2, 0.25) is 15.9 Å². The summed E-state index contributed by atoms with van der Waals surface area (Å²) in [5.41, 5.74) is 0.761. The van der Waals surface area contributed by atoms with E-state index in [-0.39, 0.29) is 5.92 Å². The van der Waals surface area contributed by atoms with Gasteiger partial charge in [0.15, 0.2) is 5.82 Å². The Kier molecular flexibility index (Phi) is 6.85. The number of aromatic nitrogens is 2. The van der Waals surface area contributed by atoms with Gasteiger partial charge in [0.1, 0.15) is 0 Å². The first kappa shape index (κ1) is 21.5. The van der Waals surface area contributed by atoms with Crippen LogP contribution in [0.3, 0.4) is 0 Å². The fourth-order valence-electron chi connectivity index (χ4n) is 4.47. The minimum atomic E-state index is -3.53. The van der Waals surface area contributed by atoms with Gasteiger partial charge in [-0.15, -0.1) is 0 Å². The van der Waals surface area contributed by atoms with Crippen LogP contribution >= 0.6 is 0 Å². The molecular formula is C22H31N3O4S. The zero-order valence-corrected chi connectivity index (χ0v) is 18.4. The lowest BCUT2D eigenvalue weighted by Gasteiger charge is -2.30. The maximum absolute atomic E-state index is 13.1. The summed E-state index contributed by atoms with van der Waals surface area (Å²) in [5.74, 6) is 1.80. The molecule has 2 aromatic rings. The quantitative estimate of drug-likeness (QED) is 0.590. The van der Waals surface area contributed by atoms with Gasteiger partial charge in [-0.1, -0.05) is 36.2 Å². The number of hydrogen-bond acceptors (Lipinski definition) is 6. The average Bonchev–Trinajstić information content (AvgIpc) is 3.44. The van der Waals surface area contributed by atoms with Crippen molar-refractivity contribution in [2.45, 2.75) is 62.7 Å². The summed E-state index contributed by atoms with van der Waals surface area (Å²) in [5, 5.41) is 4.09. The van der Waals surface area contributed by atoms with Crippen LogP contribution in [0.15, 0.2) is 33.7 Å². The van der Waals surface area contributed by atoms with Crippen molar-refractivity contribution < 1.29 is 17.7 Å². The van der Waals surface area contributed by atoms with Gasteiger partial charge in [-0.05, 0) is 50.2 Å². The summed E-state index contributed by atoms with van der Waals surface area (Å²) >= 11 is 0. The second kappa shape index (κ2) is 9.58. The van der Waals surface area contributed by atoms with Crippen molar-refractivity contribution in [1.29, 1.82) is 0 Å². The largest absolute Gasteiger partial charge is 0.381 e. The van der Waals surface area contributed by atoms with Gasteiger partial charge in [0.05, 0.1) is 17.4 Å². The molecule has 1 aliphatic carbocycles. The Hall–Kier alpha value is -1.77. The van der Waals surface area contributed by atoms with Gasteiger partial charge in [-0.3, -0.25) is 0 Å². The number of sulfonamides is 1. The lowest BCUT2D eigenvalue weighted by molar-refractivity contribution is 0.102. The molecule has 0 N–H and O–H groups in total. The van der Waals surface area contributed by atoms with Crippen molar-refractivity contribution in [2.24, 2.45) is 5.92 Å². The van der Waals surface area contributed by atoms with Gasteiger partial charge in [-0.2, -0.15) is 9.29 Å². The van der Waals surface area contributed by atoms with Crippen LogP contribution in [0.1, 0.15) is 61.7 Å². The smallest absolute Gasteiger partial charge is 0.243 e. The van der Waals surface area contributed by atoms with E-state index in [1.807, 2.05) is 19.1 Å². The van der Waals surface area contributed by atoms with E-state index in [2.05, 4.69) is 10.1 Å². The summed E-state index contributed by atoms with van der Waals surface area (Å²) < 4.78 is 39.1. The van der Waals surface area contributed by atoms with E-state index in [4.69, 9.17) is 9.26 Å². The fourth-order valence-corrected chi connectivity index (χ4v) is 6.22. The molecular weight excluding hydrogens is 402 g/mol.